The van der Waals surface area contributed by atoms with Crippen molar-refractivity contribution in [3.8, 4) is 5.75 Å². The zero-order chi connectivity index (χ0) is 19.1. The van der Waals surface area contributed by atoms with E-state index in [-0.39, 0.29) is 18.9 Å². The van der Waals surface area contributed by atoms with E-state index in [2.05, 4.69) is 26.2 Å². The van der Waals surface area contributed by atoms with Crippen molar-refractivity contribution >= 4 is 33.6 Å². The summed E-state index contributed by atoms with van der Waals surface area (Å²) in [5, 5.41) is 7.84. The van der Waals surface area contributed by atoms with Gasteiger partial charge in [0.05, 0.1) is 23.1 Å². The van der Waals surface area contributed by atoms with Gasteiger partial charge in [-0.15, -0.1) is 0 Å². The van der Waals surface area contributed by atoms with Crippen molar-refractivity contribution in [2.75, 3.05) is 6.61 Å². The number of halogens is 1. The molecule has 1 heterocycles. The highest BCUT2D eigenvalue weighted by Gasteiger charge is 2.08. The van der Waals surface area contributed by atoms with Crippen molar-refractivity contribution in [1.82, 2.24) is 9.78 Å². The van der Waals surface area contributed by atoms with E-state index in [0.717, 1.165) is 10.2 Å². The number of carbonyl (C=O) groups is 2. The van der Waals surface area contributed by atoms with Crippen LogP contribution in [-0.4, -0.2) is 34.1 Å². The second-order valence-corrected chi connectivity index (χ2v) is 6.15. The average molecular weight is 424 g/mol. The lowest BCUT2D eigenvalue weighted by Crippen LogP contribution is -2.20. The number of ether oxygens (including phenoxy) is 1. The van der Waals surface area contributed by atoms with Crippen molar-refractivity contribution in [2.24, 2.45) is 16.6 Å². The Bertz CT molecular complexity index is 797. The highest BCUT2D eigenvalue weighted by atomic mass is 79.9. The molecule has 2 aromatic rings. The summed E-state index contributed by atoms with van der Waals surface area (Å²) in [6.45, 7) is 2.01. The van der Waals surface area contributed by atoms with E-state index < -0.39 is 11.9 Å². The van der Waals surface area contributed by atoms with Gasteiger partial charge in [0.15, 0.2) is 12.4 Å². The number of amides is 1. The van der Waals surface area contributed by atoms with Crippen LogP contribution in [0.2, 0.25) is 0 Å². The third-order valence-corrected chi connectivity index (χ3v) is 3.99. The number of carbonyl (C=O) groups excluding carboxylic acids is 2. The minimum absolute atomic E-state index is 0.0393. The molecule has 0 atom stereocenters. The van der Waals surface area contributed by atoms with Gasteiger partial charge in [0.2, 0.25) is 0 Å². The fraction of sp³-hybridized carbons (Fsp3) is 0.250. The highest BCUT2D eigenvalue weighted by molar-refractivity contribution is 9.10. The average Bonchev–Trinajstić information content (AvgIpc) is 2.94. The van der Waals surface area contributed by atoms with Gasteiger partial charge in [0.25, 0.3) is 5.91 Å². The number of oxime groups is 1. The smallest absolute Gasteiger partial charge is 0.336 e. The van der Waals surface area contributed by atoms with Crippen LogP contribution in [0.3, 0.4) is 0 Å². The first-order valence-electron chi connectivity index (χ1n) is 7.59. The molecule has 1 amide bonds. The molecule has 0 spiro atoms. The molecule has 0 radical (unpaired) electrons. The lowest BCUT2D eigenvalue weighted by atomic mass is 10.2. The predicted molar refractivity (Wildman–Crippen MR) is 97.2 cm³/mol. The molecule has 0 unspecified atom stereocenters. The Balaban J connectivity index is 1.84. The number of hydrogen-bond acceptors (Lipinski definition) is 6. The van der Waals surface area contributed by atoms with Gasteiger partial charge < -0.3 is 21.0 Å². The van der Waals surface area contributed by atoms with Crippen LogP contribution in [0.1, 0.15) is 17.7 Å². The third kappa shape index (κ3) is 5.88. The summed E-state index contributed by atoms with van der Waals surface area (Å²) in [5.74, 6) is -0.603. The number of aromatic nitrogens is 2. The van der Waals surface area contributed by atoms with Crippen LogP contribution >= 0.6 is 15.9 Å². The molecule has 4 N–H and O–H groups in total. The predicted octanol–water partition coefficient (Wildman–Crippen LogP) is 1.07. The molecule has 26 heavy (non-hydrogen) atoms. The number of aryl methyl sites for hydroxylation is 2. The molecule has 0 bridgehead atoms. The summed E-state index contributed by atoms with van der Waals surface area (Å²) >= 11 is 3.35. The van der Waals surface area contributed by atoms with Gasteiger partial charge in [-0.1, -0.05) is 5.16 Å². The molecule has 0 aliphatic carbocycles. The van der Waals surface area contributed by atoms with Gasteiger partial charge in [-0.25, -0.2) is 4.79 Å². The van der Waals surface area contributed by atoms with Crippen molar-refractivity contribution in [2.45, 2.75) is 19.9 Å². The van der Waals surface area contributed by atoms with Crippen molar-refractivity contribution in [1.29, 1.82) is 0 Å². The Hall–Kier alpha value is -2.88. The van der Waals surface area contributed by atoms with E-state index in [1.807, 2.05) is 6.92 Å². The maximum atomic E-state index is 11.7. The van der Waals surface area contributed by atoms with Crippen LogP contribution in [0.4, 0.5) is 0 Å². The molecular weight excluding hydrogens is 406 g/mol. The van der Waals surface area contributed by atoms with Gasteiger partial charge in [-0.05, 0) is 47.1 Å². The van der Waals surface area contributed by atoms with Crippen LogP contribution < -0.4 is 16.2 Å². The number of nitrogens with zero attached hydrogens (tertiary/aromatic N) is 3. The Labute approximate surface area is 158 Å². The molecule has 9 nitrogen and oxygen atoms in total. The number of amidine groups is 1. The van der Waals surface area contributed by atoms with Gasteiger partial charge in [-0.3, -0.25) is 9.48 Å². The SMILES string of the molecule is Cc1nn(CCC(=O)O/N=C(\N)c2ccc(OCC(N)=O)cc2)cc1Br. The number of rotatable bonds is 8. The van der Waals surface area contributed by atoms with Crippen LogP contribution in [0.25, 0.3) is 0 Å². The maximum Gasteiger partial charge on any atom is 0.336 e. The van der Waals surface area contributed by atoms with Crippen LogP contribution in [0, 0.1) is 6.92 Å². The first-order chi connectivity index (χ1) is 12.3. The summed E-state index contributed by atoms with van der Waals surface area (Å²) < 4.78 is 7.64. The lowest BCUT2D eigenvalue weighted by molar-refractivity contribution is -0.144. The molecule has 138 valence electrons. The number of primary amides is 1. The number of benzene rings is 1. The summed E-state index contributed by atoms with van der Waals surface area (Å²) in [6.07, 6.45) is 1.88. The Kier molecular flexibility index (Phi) is 6.73. The molecule has 0 fully saturated rings. The number of hydrogen-bond donors (Lipinski definition) is 2. The van der Waals surface area contributed by atoms with Crippen molar-refractivity contribution in [3.05, 3.63) is 46.2 Å². The maximum absolute atomic E-state index is 11.7. The van der Waals surface area contributed by atoms with E-state index in [9.17, 15) is 9.59 Å². The minimum Gasteiger partial charge on any atom is -0.484 e. The largest absolute Gasteiger partial charge is 0.484 e. The topological polar surface area (TPSA) is 135 Å². The van der Waals surface area contributed by atoms with E-state index in [1.165, 1.54) is 0 Å². The molecule has 0 saturated carbocycles. The minimum atomic E-state index is -0.570. The summed E-state index contributed by atoms with van der Waals surface area (Å²) in [5.41, 5.74) is 12.2. The normalized spacial score (nSPS) is 11.2. The first kappa shape index (κ1) is 19.4. The zero-order valence-electron chi connectivity index (χ0n) is 14.0. The molecule has 0 saturated heterocycles. The quantitative estimate of drug-likeness (QED) is 0.282. The second-order valence-electron chi connectivity index (χ2n) is 5.29. The molecule has 1 aromatic heterocycles. The van der Waals surface area contributed by atoms with Crippen molar-refractivity contribution in [3.63, 3.8) is 0 Å². The molecule has 0 aliphatic rings. The van der Waals surface area contributed by atoms with Crippen LogP contribution in [0.15, 0.2) is 40.1 Å². The fourth-order valence-electron chi connectivity index (χ4n) is 1.89. The zero-order valence-corrected chi connectivity index (χ0v) is 15.6. The first-order valence-corrected chi connectivity index (χ1v) is 8.39. The third-order valence-electron chi connectivity index (χ3n) is 3.21. The van der Waals surface area contributed by atoms with Gasteiger partial charge in [0, 0.05) is 11.8 Å². The molecule has 0 aliphatic heterocycles. The van der Waals surface area contributed by atoms with Gasteiger partial charge >= 0.3 is 5.97 Å². The van der Waals surface area contributed by atoms with Crippen molar-refractivity contribution < 1.29 is 19.2 Å². The van der Waals surface area contributed by atoms with Gasteiger partial charge in [0.1, 0.15) is 5.75 Å². The Morgan fingerprint density at radius 1 is 1.27 bits per heavy atom. The standard InChI is InChI=1S/C16H18BrN5O4/c1-10-13(17)8-22(20-10)7-6-15(24)26-21-16(19)11-2-4-12(5-3-11)25-9-14(18)23/h2-5,8H,6-7,9H2,1H3,(H2,18,23)(H2,19,21). The highest BCUT2D eigenvalue weighted by Crippen LogP contribution is 2.14. The van der Waals surface area contributed by atoms with E-state index in [0.29, 0.717) is 17.9 Å². The number of nitrogens with two attached hydrogens (primary N) is 2. The van der Waals surface area contributed by atoms with Crippen LogP contribution in [-0.2, 0) is 21.0 Å². The lowest BCUT2D eigenvalue weighted by Gasteiger charge is -2.05. The second kappa shape index (κ2) is 8.99. The Morgan fingerprint density at radius 2 is 1.96 bits per heavy atom. The Morgan fingerprint density at radius 3 is 2.54 bits per heavy atom. The molecule has 10 heteroatoms. The molecular formula is C16H18BrN5O4. The van der Waals surface area contributed by atoms with Crippen LogP contribution in [0.5, 0.6) is 5.75 Å². The summed E-state index contributed by atoms with van der Waals surface area (Å²) in [6, 6.07) is 6.43. The molecule has 2 rings (SSSR count). The summed E-state index contributed by atoms with van der Waals surface area (Å²) in [4.78, 5) is 27.2. The van der Waals surface area contributed by atoms with E-state index >= 15 is 0 Å². The molecule has 1 aromatic carbocycles. The van der Waals surface area contributed by atoms with E-state index in [4.69, 9.17) is 21.0 Å². The van der Waals surface area contributed by atoms with E-state index in [1.54, 1.807) is 35.1 Å². The summed E-state index contributed by atoms with van der Waals surface area (Å²) in [7, 11) is 0. The monoisotopic (exact) mass is 423 g/mol. The fourth-order valence-corrected chi connectivity index (χ4v) is 2.20. The van der Waals surface area contributed by atoms with Gasteiger partial charge in [-0.2, -0.15) is 5.10 Å².